The van der Waals surface area contributed by atoms with Gasteiger partial charge in [-0.1, -0.05) is 58.1 Å². The van der Waals surface area contributed by atoms with E-state index in [0.717, 1.165) is 99.1 Å². The van der Waals surface area contributed by atoms with Crippen molar-refractivity contribution in [2.24, 2.45) is 0 Å². The second-order valence-corrected chi connectivity index (χ2v) is 13.9. The normalized spacial score (nSPS) is 20.3. The number of anilines is 2. The Morgan fingerprint density at radius 2 is 1.76 bits per heavy atom. The Morgan fingerprint density at radius 1 is 0.980 bits per heavy atom. The minimum atomic E-state index is -0.814. The van der Waals surface area contributed by atoms with E-state index in [1.54, 1.807) is 18.3 Å². The topological polar surface area (TPSA) is 150 Å². The minimum absolute atomic E-state index is 0.147. The van der Waals surface area contributed by atoms with Gasteiger partial charge in [-0.25, -0.2) is 4.98 Å². The lowest BCUT2D eigenvalue weighted by atomic mass is 10.0. The van der Waals surface area contributed by atoms with Gasteiger partial charge in [-0.05, 0) is 63.5 Å². The molecule has 12 nitrogen and oxygen atoms in total. The molecule has 4 N–H and O–H groups in total. The third-order valence-corrected chi connectivity index (χ3v) is 10.0. The van der Waals surface area contributed by atoms with Gasteiger partial charge in [0.1, 0.15) is 11.9 Å². The Balaban J connectivity index is 0.829. The molecule has 12 heteroatoms. The fraction of sp³-hybridized carbons (Fsp3) is 0.526. The van der Waals surface area contributed by atoms with E-state index in [2.05, 4.69) is 50.9 Å². The lowest BCUT2D eigenvalue weighted by molar-refractivity contribution is -0.125. The molecule has 6 rings (SSSR count). The standard InChI is InChI=1S/C38H50N8O4/c1-3-12-26-24-33(46-32(42-26)20-22-40-46)43-27-17-18-28(23-27)44-34(47)15-9-7-5-4-6-8-10-21-39-30-14-11-13-29-35(30)38(50)45(37(29)49)31-19-16-25(2)41-36(31)48/h11,13-14,20,22,24,27-28,31,39,43H,2-10,12,15-19,21,23H2,1H3,(H,41,48)(H,44,47)/t27-,28-,31?/m1/s1. The zero-order valence-corrected chi connectivity index (χ0v) is 29.1. The molecular weight excluding hydrogens is 632 g/mol. The first-order chi connectivity index (χ1) is 24.3. The summed E-state index contributed by atoms with van der Waals surface area (Å²) in [6.07, 6.45) is 15.4. The maximum Gasteiger partial charge on any atom is 0.264 e. The van der Waals surface area contributed by atoms with Crippen LogP contribution in [0.5, 0.6) is 0 Å². The summed E-state index contributed by atoms with van der Waals surface area (Å²) in [7, 11) is 0. The molecule has 2 aromatic heterocycles. The number of hydrogen-bond donors (Lipinski definition) is 4. The van der Waals surface area contributed by atoms with Crippen LogP contribution in [-0.2, 0) is 16.0 Å². The first-order valence-corrected chi connectivity index (χ1v) is 18.5. The smallest absolute Gasteiger partial charge is 0.264 e. The van der Waals surface area contributed by atoms with Gasteiger partial charge in [0.2, 0.25) is 11.8 Å². The number of unbranched alkanes of at least 4 members (excludes halogenated alkanes) is 6. The van der Waals surface area contributed by atoms with Crippen LogP contribution in [0.1, 0.15) is 123 Å². The number of fused-ring (bicyclic) bond motifs is 2. The Bertz CT molecular complexity index is 1730. The van der Waals surface area contributed by atoms with E-state index >= 15 is 0 Å². The van der Waals surface area contributed by atoms with E-state index in [9.17, 15) is 19.2 Å². The monoisotopic (exact) mass is 682 g/mol. The van der Waals surface area contributed by atoms with Crippen molar-refractivity contribution < 1.29 is 19.2 Å². The number of allylic oxidation sites excluding steroid dienone is 1. The molecule has 0 bridgehead atoms. The lowest BCUT2D eigenvalue weighted by Crippen LogP contribution is -2.51. The van der Waals surface area contributed by atoms with Crippen molar-refractivity contribution >= 4 is 40.8 Å². The number of nitrogens with zero attached hydrogens (tertiary/aromatic N) is 4. The zero-order valence-electron chi connectivity index (χ0n) is 29.1. The number of imide groups is 1. The first kappa shape index (κ1) is 35.1. The molecule has 2 fully saturated rings. The van der Waals surface area contributed by atoms with Gasteiger partial charge >= 0.3 is 0 Å². The number of carbonyl (C=O) groups is 4. The fourth-order valence-electron chi connectivity index (χ4n) is 7.46. The molecule has 2 aliphatic heterocycles. The number of carbonyl (C=O) groups excluding carboxylic acids is 4. The molecule has 0 spiro atoms. The molecule has 1 saturated carbocycles. The molecule has 4 heterocycles. The summed E-state index contributed by atoms with van der Waals surface area (Å²) in [5.41, 5.74) is 3.86. The van der Waals surface area contributed by atoms with E-state index in [1.807, 2.05) is 16.6 Å². The van der Waals surface area contributed by atoms with Gasteiger partial charge in [0.25, 0.3) is 11.8 Å². The van der Waals surface area contributed by atoms with Crippen molar-refractivity contribution in [2.75, 3.05) is 17.2 Å². The van der Waals surface area contributed by atoms with Crippen molar-refractivity contribution in [3.63, 3.8) is 0 Å². The number of hydrogen-bond acceptors (Lipinski definition) is 8. The maximum atomic E-state index is 13.3. The van der Waals surface area contributed by atoms with Crippen LogP contribution in [0.3, 0.4) is 0 Å². The maximum absolute atomic E-state index is 13.3. The summed E-state index contributed by atoms with van der Waals surface area (Å²) in [6.45, 7) is 6.63. The van der Waals surface area contributed by atoms with E-state index in [4.69, 9.17) is 0 Å². The Hall–Kier alpha value is -4.74. The molecule has 50 heavy (non-hydrogen) atoms. The second-order valence-electron chi connectivity index (χ2n) is 13.9. The molecule has 0 radical (unpaired) electrons. The number of benzene rings is 1. The number of nitrogens with one attached hydrogen (secondary N) is 4. The minimum Gasteiger partial charge on any atom is -0.384 e. The van der Waals surface area contributed by atoms with Crippen molar-refractivity contribution in [1.29, 1.82) is 0 Å². The van der Waals surface area contributed by atoms with Gasteiger partial charge in [0.05, 0.1) is 17.3 Å². The highest BCUT2D eigenvalue weighted by molar-refractivity contribution is 6.25. The van der Waals surface area contributed by atoms with Gasteiger partial charge in [0, 0.05) is 54.3 Å². The van der Waals surface area contributed by atoms with Crippen molar-refractivity contribution in [1.82, 2.24) is 30.1 Å². The van der Waals surface area contributed by atoms with E-state index < -0.39 is 17.9 Å². The first-order valence-electron chi connectivity index (χ1n) is 18.5. The van der Waals surface area contributed by atoms with Crippen LogP contribution >= 0.6 is 0 Å². The summed E-state index contributed by atoms with van der Waals surface area (Å²) >= 11 is 0. The molecule has 1 saturated heterocycles. The number of aromatic nitrogens is 3. The van der Waals surface area contributed by atoms with E-state index in [1.165, 1.54) is 0 Å². The zero-order chi connectivity index (χ0) is 35.0. The average Bonchev–Trinajstić information content (AvgIpc) is 3.81. The number of amides is 4. The molecule has 3 atom stereocenters. The van der Waals surface area contributed by atoms with E-state index in [0.29, 0.717) is 54.4 Å². The SMILES string of the molecule is C=C1CCC(N2C(=O)c3cccc(NCCCCCCCCCC(=O)N[C@@H]4CC[C@@H](Nc5cc(CCC)nc6ccnn56)C4)c3C2=O)C(=O)N1. The lowest BCUT2D eigenvalue weighted by Gasteiger charge is -2.29. The summed E-state index contributed by atoms with van der Waals surface area (Å²) < 4.78 is 1.86. The summed E-state index contributed by atoms with van der Waals surface area (Å²) in [5, 5.41) is 17.4. The molecule has 3 aromatic rings. The highest BCUT2D eigenvalue weighted by Crippen LogP contribution is 2.33. The van der Waals surface area contributed by atoms with Crippen LogP contribution in [0, 0.1) is 0 Å². The molecular formula is C38H50N8O4. The van der Waals surface area contributed by atoms with E-state index in [-0.39, 0.29) is 17.9 Å². The molecule has 3 aliphatic rings. The predicted molar refractivity (Wildman–Crippen MR) is 193 cm³/mol. The van der Waals surface area contributed by atoms with Crippen molar-refractivity contribution in [3.8, 4) is 0 Å². The van der Waals surface area contributed by atoms with Crippen LogP contribution in [0.25, 0.3) is 5.65 Å². The highest BCUT2D eigenvalue weighted by Gasteiger charge is 2.45. The van der Waals surface area contributed by atoms with Crippen LogP contribution < -0.4 is 21.3 Å². The third kappa shape index (κ3) is 8.17. The van der Waals surface area contributed by atoms with Crippen LogP contribution in [-0.4, -0.2) is 67.8 Å². The Morgan fingerprint density at radius 3 is 2.56 bits per heavy atom. The highest BCUT2D eigenvalue weighted by atomic mass is 16.2. The molecule has 1 aromatic carbocycles. The number of piperidine rings is 1. The quantitative estimate of drug-likeness (QED) is 0.104. The van der Waals surface area contributed by atoms with Crippen molar-refractivity contribution in [3.05, 3.63) is 65.6 Å². The second kappa shape index (κ2) is 16.3. The number of rotatable bonds is 17. The molecule has 1 unspecified atom stereocenters. The summed E-state index contributed by atoms with van der Waals surface area (Å²) in [4.78, 5) is 57.4. The summed E-state index contributed by atoms with van der Waals surface area (Å²) in [6, 6.07) is 8.95. The predicted octanol–water partition coefficient (Wildman–Crippen LogP) is 5.75. The molecule has 266 valence electrons. The Labute approximate surface area is 293 Å². The van der Waals surface area contributed by atoms with Crippen LogP contribution in [0.2, 0.25) is 0 Å². The third-order valence-electron chi connectivity index (χ3n) is 10.0. The van der Waals surface area contributed by atoms with Gasteiger partial charge in [-0.3, -0.25) is 24.1 Å². The van der Waals surface area contributed by atoms with Gasteiger partial charge < -0.3 is 21.3 Å². The average molecular weight is 683 g/mol. The van der Waals surface area contributed by atoms with Gasteiger partial charge in [-0.2, -0.15) is 9.61 Å². The van der Waals surface area contributed by atoms with Crippen molar-refractivity contribution in [2.45, 2.75) is 121 Å². The van der Waals surface area contributed by atoms with Crippen LogP contribution in [0.4, 0.5) is 11.5 Å². The van der Waals surface area contributed by atoms with Crippen LogP contribution in [0.15, 0.2) is 48.8 Å². The number of aryl methyl sites for hydroxylation is 1. The fourth-order valence-corrected chi connectivity index (χ4v) is 7.46. The van der Waals surface area contributed by atoms with Gasteiger partial charge in [0.15, 0.2) is 5.65 Å². The molecule has 1 aliphatic carbocycles. The Kier molecular flexibility index (Phi) is 11.5. The van der Waals surface area contributed by atoms with Gasteiger partial charge in [-0.15, -0.1) is 0 Å². The largest absolute Gasteiger partial charge is 0.384 e. The molecule has 4 amide bonds. The summed E-state index contributed by atoms with van der Waals surface area (Å²) in [5.74, 6) is -0.0834.